The van der Waals surface area contributed by atoms with Crippen molar-refractivity contribution in [3.63, 3.8) is 0 Å². The van der Waals surface area contributed by atoms with E-state index < -0.39 is 0 Å². The first-order chi connectivity index (χ1) is 19.4. The number of fused-ring (bicyclic) bond motifs is 1. The number of carbonyl (C=O) groups excluding carboxylic acids is 1. The number of para-hydroxylation sites is 2. The molecule has 5 aromatic rings. The second-order valence-corrected chi connectivity index (χ2v) is 11.9. The average Bonchev–Trinajstić information content (AvgIpc) is 3.28. The quantitative estimate of drug-likeness (QED) is 0.111. The number of hydrogen-bond donors (Lipinski definition) is 1. The van der Waals surface area contributed by atoms with Crippen molar-refractivity contribution in [2.45, 2.75) is 25.0 Å². The maximum absolute atomic E-state index is 14.0. The van der Waals surface area contributed by atoms with Crippen molar-refractivity contribution in [2.24, 2.45) is 0 Å². The lowest BCUT2D eigenvalue weighted by atomic mass is 10.1. The third kappa shape index (κ3) is 6.00. The van der Waals surface area contributed by atoms with Gasteiger partial charge in [0.05, 0.1) is 18.6 Å². The van der Waals surface area contributed by atoms with Gasteiger partial charge in [-0.3, -0.25) is 14.2 Å². The molecule has 0 aliphatic rings. The molecule has 0 aliphatic carbocycles. The summed E-state index contributed by atoms with van der Waals surface area (Å²) in [5.74, 6) is 0.281. The Morgan fingerprint density at radius 2 is 1.88 bits per heavy atom. The first kappa shape index (κ1) is 28.1. The van der Waals surface area contributed by atoms with Crippen LogP contribution >= 0.6 is 46.9 Å². The molecule has 0 aliphatic heterocycles. The number of nitrogens with one attached hydrogen (secondary N) is 1. The predicted octanol–water partition coefficient (Wildman–Crippen LogP) is 6.92. The van der Waals surface area contributed by atoms with Crippen LogP contribution in [0.5, 0.6) is 5.75 Å². The lowest BCUT2D eigenvalue weighted by Gasteiger charge is -2.15. The normalized spacial score (nSPS) is 11.1. The van der Waals surface area contributed by atoms with Crippen LogP contribution < -0.4 is 15.6 Å². The second kappa shape index (κ2) is 12.4. The van der Waals surface area contributed by atoms with Gasteiger partial charge in [0.2, 0.25) is 5.91 Å². The van der Waals surface area contributed by atoms with E-state index in [9.17, 15) is 9.59 Å². The summed E-state index contributed by atoms with van der Waals surface area (Å²) in [5, 5.41) is 3.79. The number of anilines is 1. The van der Waals surface area contributed by atoms with Gasteiger partial charge in [0.1, 0.15) is 10.4 Å². The number of carbonyl (C=O) groups is 1. The van der Waals surface area contributed by atoms with Crippen LogP contribution in [0.2, 0.25) is 5.02 Å². The number of hydrogen-bond acceptors (Lipinski definition) is 7. The van der Waals surface area contributed by atoms with Gasteiger partial charge in [-0.1, -0.05) is 83.2 Å². The Kier molecular flexibility index (Phi) is 8.70. The molecule has 0 saturated heterocycles. The van der Waals surface area contributed by atoms with Crippen LogP contribution in [0.15, 0.2) is 82.7 Å². The molecule has 0 unspecified atom stereocenters. The van der Waals surface area contributed by atoms with Gasteiger partial charge in [-0.25, -0.2) is 4.98 Å². The van der Waals surface area contributed by atoms with E-state index in [0.717, 1.165) is 17.5 Å². The summed E-state index contributed by atoms with van der Waals surface area (Å²) in [6, 6.07) is 22.7. The Labute approximate surface area is 249 Å². The standard InChI is InChI=1S/C29H25ClN4O3S3/c1-18-12-13-20(16-21(18)30)31-24(35)17-39-28-32-26-25(27(36)34(28)22-10-6-7-11-23(22)37-2)40-29(38)33(26)15-14-19-8-4-3-5-9-19/h3-13,16H,14-15,17H2,1-2H3,(H,31,35). The summed E-state index contributed by atoms with van der Waals surface area (Å²) < 4.78 is 9.96. The number of methoxy groups -OCH3 is 1. The zero-order valence-electron chi connectivity index (χ0n) is 21.7. The van der Waals surface area contributed by atoms with Crippen molar-refractivity contribution in [1.29, 1.82) is 0 Å². The first-order valence-corrected chi connectivity index (χ1v) is 15.0. The van der Waals surface area contributed by atoms with E-state index >= 15 is 0 Å². The van der Waals surface area contributed by atoms with E-state index in [2.05, 4.69) is 17.4 Å². The first-order valence-electron chi connectivity index (χ1n) is 12.4. The number of nitrogens with zero attached hydrogens (tertiary/aromatic N) is 3. The Morgan fingerprint density at radius 1 is 1.12 bits per heavy atom. The minimum absolute atomic E-state index is 0.0213. The fraction of sp³-hybridized carbons (Fsp3) is 0.172. The zero-order chi connectivity index (χ0) is 28.2. The van der Waals surface area contributed by atoms with Crippen LogP contribution in [0.1, 0.15) is 11.1 Å². The summed E-state index contributed by atoms with van der Waals surface area (Å²) in [6.07, 6.45) is 0.738. The maximum atomic E-state index is 14.0. The maximum Gasteiger partial charge on any atom is 0.278 e. The molecule has 7 nitrogen and oxygen atoms in total. The highest BCUT2D eigenvalue weighted by atomic mass is 35.5. The Hall–Kier alpha value is -3.44. The molecule has 0 bridgehead atoms. The molecule has 0 saturated carbocycles. The Morgan fingerprint density at radius 3 is 2.62 bits per heavy atom. The van der Waals surface area contributed by atoms with E-state index in [1.54, 1.807) is 31.4 Å². The monoisotopic (exact) mass is 608 g/mol. The molecule has 1 amide bonds. The predicted molar refractivity (Wildman–Crippen MR) is 166 cm³/mol. The van der Waals surface area contributed by atoms with Crippen molar-refractivity contribution in [1.82, 2.24) is 14.1 Å². The van der Waals surface area contributed by atoms with Gasteiger partial charge in [0, 0.05) is 17.3 Å². The minimum Gasteiger partial charge on any atom is -0.495 e. The highest BCUT2D eigenvalue weighted by Crippen LogP contribution is 2.29. The van der Waals surface area contributed by atoms with Crippen LogP contribution in [-0.4, -0.2) is 32.9 Å². The van der Waals surface area contributed by atoms with Crippen LogP contribution in [0, 0.1) is 10.9 Å². The Balaban J connectivity index is 1.53. The second-order valence-electron chi connectivity index (χ2n) is 8.92. The van der Waals surface area contributed by atoms with Gasteiger partial charge in [-0.15, -0.1) is 0 Å². The number of thioether (sulfide) groups is 1. The van der Waals surface area contributed by atoms with E-state index in [0.29, 0.717) is 48.1 Å². The van der Waals surface area contributed by atoms with E-state index in [1.165, 1.54) is 27.7 Å². The van der Waals surface area contributed by atoms with Crippen molar-refractivity contribution in [3.8, 4) is 11.4 Å². The molecular formula is C29H25ClN4O3S3. The van der Waals surface area contributed by atoms with Gasteiger partial charge in [0.15, 0.2) is 14.8 Å². The zero-order valence-corrected chi connectivity index (χ0v) is 24.9. The molecule has 0 atom stereocenters. The van der Waals surface area contributed by atoms with Crippen LogP contribution in [0.25, 0.3) is 16.0 Å². The number of ether oxygens (including phenoxy) is 1. The van der Waals surface area contributed by atoms with Gasteiger partial charge >= 0.3 is 0 Å². The number of rotatable bonds is 9. The minimum atomic E-state index is -0.266. The number of aryl methyl sites for hydroxylation is 3. The molecule has 204 valence electrons. The molecule has 0 spiro atoms. The number of halogens is 1. The van der Waals surface area contributed by atoms with Gasteiger partial charge in [0.25, 0.3) is 5.56 Å². The summed E-state index contributed by atoms with van der Waals surface area (Å²) >= 11 is 14.3. The molecule has 1 N–H and O–H groups in total. The molecule has 11 heteroatoms. The number of benzene rings is 3. The molecule has 0 radical (unpaired) electrons. The topological polar surface area (TPSA) is 78.2 Å². The highest BCUT2D eigenvalue weighted by molar-refractivity contribution is 7.99. The van der Waals surface area contributed by atoms with E-state index in [-0.39, 0.29) is 17.2 Å². The highest BCUT2D eigenvalue weighted by Gasteiger charge is 2.21. The third-order valence-corrected chi connectivity index (χ3v) is 9.01. The molecule has 2 heterocycles. The largest absolute Gasteiger partial charge is 0.495 e. The lowest BCUT2D eigenvalue weighted by molar-refractivity contribution is -0.113. The van der Waals surface area contributed by atoms with Crippen molar-refractivity contribution in [3.05, 3.63) is 103 Å². The molecule has 40 heavy (non-hydrogen) atoms. The Bertz CT molecular complexity index is 1820. The van der Waals surface area contributed by atoms with E-state index in [1.807, 2.05) is 47.9 Å². The fourth-order valence-electron chi connectivity index (χ4n) is 4.18. The molecule has 0 fully saturated rings. The van der Waals surface area contributed by atoms with Crippen molar-refractivity contribution in [2.75, 3.05) is 18.2 Å². The third-order valence-electron chi connectivity index (χ3n) is 6.24. The smallest absolute Gasteiger partial charge is 0.278 e. The summed E-state index contributed by atoms with van der Waals surface area (Å²) in [4.78, 5) is 31.8. The summed E-state index contributed by atoms with van der Waals surface area (Å²) in [7, 11) is 1.55. The molecule has 2 aromatic heterocycles. The SMILES string of the molecule is COc1ccccc1-n1c(SCC(=O)Nc2ccc(C)c(Cl)c2)nc2c(sc(=S)n2CCc2ccccc2)c1=O. The van der Waals surface area contributed by atoms with Gasteiger partial charge < -0.3 is 14.6 Å². The van der Waals surface area contributed by atoms with Crippen LogP contribution in [-0.2, 0) is 17.8 Å². The van der Waals surface area contributed by atoms with Gasteiger partial charge in [-0.05, 0) is 61.0 Å². The number of amides is 1. The van der Waals surface area contributed by atoms with E-state index in [4.69, 9.17) is 33.5 Å². The molecular weight excluding hydrogens is 584 g/mol. The van der Waals surface area contributed by atoms with Crippen LogP contribution in [0.4, 0.5) is 5.69 Å². The fourth-order valence-corrected chi connectivity index (χ4v) is 6.47. The van der Waals surface area contributed by atoms with Gasteiger partial charge in [-0.2, -0.15) is 0 Å². The van der Waals surface area contributed by atoms with Crippen molar-refractivity contribution < 1.29 is 9.53 Å². The van der Waals surface area contributed by atoms with Crippen LogP contribution in [0.3, 0.4) is 0 Å². The molecule has 5 rings (SSSR count). The molecule has 3 aromatic carbocycles. The lowest BCUT2D eigenvalue weighted by Crippen LogP contribution is -2.23. The van der Waals surface area contributed by atoms with Crippen molar-refractivity contribution >= 4 is 68.9 Å². The average molecular weight is 609 g/mol. The number of thiazole rings is 1. The summed E-state index contributed by atoms with van der Waals surface area (Å²) in [6.45, 7) is 2.47. The number of aromatic nitrogens is 3. The summed E-state index contributed by atoms with van der Waals surface area (Å²) in [5.41, 5.74) is 3.46.